The molecule has 0 fully saturated rings. The summed E-state index contributed by atoms with van der Waals surface area (Å²) in [6.45, 7) is 4.30. The quantitative estimate of drug-likeness (QED) is 0.487. The molecule has 4 rings (SSSR count). The maximum absolute atomic E-state index is 13.1. The number of pyridine rings is 1. The summed E-state index contributed by atoms with van der Waals surface area (Å²) >= 11 is 0. The molecule has 0 aliphatic carbocycles. The number of hydrogen-bond acceptors (Lipinski definition) is 6. The van der Waals surface area contributed by atoms with Crippen LogP contribution >= 0.6 is 0 Å². The highest BCUT2D eigenvalue weighted by Crippen LogP contribution is 2.26. The van der Waals surface area contributed by atoms with E-state index in [9.17, 15) is 4.79 Å². The van der Waals surface area contributed by atoms with Crippen molar-refractivity contribution in [2.45, 2.75) is 26.4 Å². The Kier molecular flexibility index (Phi) is 5.67. The zero-order valence-corrected chi connectivity index (χ0v) is 17.2. The van der Waals surface area contributed by atoms with Gasteiger partial charge in [-0.25, -0.2) is 9.67 Å². The number of rotatable bonds is 7. The molecule has 8 heteroatoms. The van der Waals surface area contributed by atoms with Crippen LogP contribution in [-0.4, -0.2) is 27.3 Å². The zero-order chi connectivity index (χ0) is 21.8. The van der Waals surface area contributed by atoms with E-state index in [1.807, 2.05) is 32.0 Å². The third kappa shape index (κ3) is 4.26. The smallest absolute Gasteiger partial charge is 0.252 e. The average molecular weight is 415 g/mol. The van der Waals surface area contributed by atoms with Crippen LogP contribution in [0.2, 0.25) is 0 Å². The number of nitriles is 1. The van der Waals surface area contributed by atoms with Gasteiger partial charge in [0.15, 0.2) is 18.0 Å². The molecule has 0 radical (unpaired) electrons. The lowest BCUT2D eigenvalue weighted by molar-refractivity contribution is 0.0952. The van der Waals surface area contributed by atoms with Crippen LogP contribution in [0.5, 0.6) is 5.75 Å². The molecule has 3 aromatic heterocycles. The lowest BCUT2D eigenvalue weighted by Crippen LogP contribution is -2.23. The molecule has 1 amide bonds. The third-order valence-corrected chi connectivity index (χ3v) is 4.73. The van der Waals surface area contributed by atoms with Crippen LogP contribution in [0, 0.1) is 11.3 Å². The fraction of sp³-hybridized carbons (Fsp3) is 0.217. The van der Waals surface area contributed by atoms with Gasteiger partial charge >= 0.3 is 0 Å². The van der Waals surface area contributed by atoms with Crippen LogP contribution in [0.1, 0.15) is 35.8 Å². The SMILES string of the molecule is CC(C)n1ncc2c(C(=O)NCc3cccc(OCC#N)c3)cc(-c3ccco3)nc21. The number of ether oxygens (including phenoxy) is 1. The van der Waals surface area contributed by atoms with Gasteiger partial charge in [0.25, 0.3) is 5.91 Å². The van der Waals surface area contributed by atoms with E-state index in [1.165, 1.54) is 0 Å². The summed E-state index contributed by atoms with van der Waals surface area (Å²) in [4.78, 5) is 17.8. The highest BCUT2D eigenvalue weighted by atomic mass is 16.5. The van der Waals surface area contributed by atoms with E-state index in [-0.39, 0.29) is 18.6 Å². The van der Waals surface area contributed by atoms with Crippen molar-refractivity contribution in [2.24, 2.45) is 0 Å². The normalized spacial score (nSPS) is 10.9. The Morgan fingerprint density at radius 1 is 1.29 bits per heavy atom. The first-order valence-electron chi connectivity index (χ1n) is 9.86. The van der Waals surface area contributed by atoms with Crippen molar-refractivity contribution in [3.63, 3.8) is 0 Å². The van der Waals surface area contributed by atoms with Gasteiger partial charge in [0.05, 0.1) is 23.4 Å². The summed E-state index contributed by atoms with van der Waals surface area (Å²) in [5, 5.41) is 16.7. The number of carbonyl (C=O) groups excluding carboxylic acids is 1. The van der Waals surface area contributed by atoms with Crippen molar-refractivity contribution in [1.29, 1.82) is 5.26 Å². The van der Waals surface area contributed by atoms with Gasteiger partial charge in [-0.3, -0.25) is 4.79 Å². The highest BCUT2D eigenvalue weighted by molar-refractivity contribution is 6.06. The molecule has 0 atom stereocenters. The van der Waals surface area contributed by atoms with E-state index >= 15 is 0 Å². The van der Waals surface area contributed by atoms with Gasteiger partial charge in [0.2, 0.25) is 0 Å². The molecule has 8 nitrogen and oxygen atoms in total. The predicted molar refractivity (Wildman–Crippen MR) is 114 cm³/mol. The zero-order valence-electron chi connectivity index (χ0n) is 17.2. The van der Waals surface area contributed by atoms with E-state index < -0.39 is 0 Å². The predicted octanol–water partition coefficient (Wildman–Crippen LogP) is 4.10. The largest absolute Gasteiger partial charge is 0.479 e. The molecule has 0 saturated carbocycles. The molecule has 1 N–H and O–H groups in total. The molecule has 3 heterocycles. The molecule has 0 saturated heterocycles. The number of nitrogens with zero attached hydrogens (tertiary/aromatic N) is 4. The minimum Gasteiger partial charge on any atom is -0.479 e. The maximum Gasteiger partial charge on any atom is 0.252 e. The summed E-state index contributed by atoms with van der Waals surface area (Å²) in [5.74, 6) is 0.916. The molecule has 0 unspecified atom stereocenters. The molecule has 0 bridgehead atoms. The van der Waals surface area contributed by atoms with Crippen LogP contribution in [0.3, 0.4) is 0 Å². The van der Waals surface area contributed by atoms with E-state index in [4.69, 9.17) is 14.4 Å². The molecule has 0 aliphatic rings. The monoisotopic (exact) mass is 415 g/mol. The fourth-order valence-electron chi connectivity index (χ4n) is 3.27. The summed E-state index contributed by atoms with van der Waals surface area (Å²) in [6.07, 6.45) is 3.24. The van der Waals surface area contributed by atoms with Crippen LogP contribution in [0.25, 0.3) is 22.5 Å². The van der Waals surface area contributed by atoms with Gasteiger partial charge in [0, 0.05) is 12.6 Å². The molecule has 0 spiro atoms. The Hall–Kier alpha value is -4.12. The number of nitrogens with one attached hydrogen (secondary N) is 1. The highest BCUT2D eigenvalue weighted by Gasteiger charge is 2.19. The third-order valence-electron chi connectivity index (χ3n) is 4.73. The van der Waals surface area contributed by atoms with Crippen molar-refractivity contribution < 1.29 is 13.9 Å². The molecule has 0 aliphatic heterocycles. The Morgan fingerprint density at radius 2 is 2.16 bits per heavy atom. The van der Waals surface area contributed by atoms with Gasteiger partial charge in [-0.05, 0) is 49.7 Å². The number of amides is 1. The molecule has 156 valence electrons. The Morgan fingerprint density at radius 3 is 2.90 bits per heavy atom. The van der Waals surface area contributed by atoms with Gasteiger partial charge in [-0.1, -0.05) is 12.1 Å². The minimum absolute atomic E-state index is 0.0276. The van der Waals surface area contributed by atoms with Crippen molar-refractivity contribution in [3.05, 3.63) is 66.1 Å². The van der Waals surface area contributed by atoms with E-state index in [0.717, 1.165) is 5.56 Å². The first kappa shape index (κ1) is 20.2. The van der Waals surface area contributed by atoms with E-state index in [1.54, 1.807) is 47.5 Å². The van der Waals surface area contributed by atoms with Crippen molar-refractivity contribution in [3.8, 4) is 23.3 Å². The number of hydrogen-bond donors (Lipinski definition) is 1. The van der Waals surface area contributed by atoms with Crippen molar-refractivity contribution >= 4 is 16.9 Å². The Balaban J connectivity index is 1.64. The van der Waals surface area contributed by atoms with Crippen LogP contribution in [-0.2, 0) is 6.54 Å². The van der Waals surface area contributed by atoms with Gasteiger partial charge in [0.1, 0.15) is 17.5 Å². The van der Waals surface area contributed by atoms with Crippen LogP contribution < -0.4 is 10.1 Å². The minimum atomic E-state index is -0.244. The first-order chi connectivity index (χ1) is 15.1. The maximum atomic E-state index is 13.1. The van der Waals surface area contributed by atoms with E-state index in [0.29, 0.717) is 40.3 Å². The number of fused-ring (bicyclic) bond motifs is 1. The second-order valence-electron chi connectivity index (χ2n) is 7.23. The van der Waals surface area contributed by atoms with Gasteiger partial charge in [-0.2, -0.15) is 10.4 Å². The first-order valence-corrected chi connectivity index (χ1v) is 9.86. The molecular weight excluding hydrogens is 394 g/mol. The van der Waals surface area contributed by atoms with Crippen molar-refractivity contribution in [2.75, 3.05) is 6.61 Å². The van der Waals surface area contributed by atoms with Crippen LogP contribution in [0.4, 0.5) is 0 Å². The summed E-state index contributed by atoms with van der Waals surface area (Å²) in [6, 6.07) is 14.6. The molecular formula is C23H21N5O3. The number of aromatic nitrogens is 3. The average Bonchev–Trinajstić information content (AvgIpc) is 3.45. The fourth-order valence-corrected chi connectivity index (χ4v) is 3.27. The molecule has 1 aromatic carbocycles. The number of benzene rings is 1. The van der Waals surface area contributed by atoms with Crippen LogP contribution in [0.15, 0.2) is 59.3 Å². The van der Waals surface area contributed by atoms with Gasteiger partial charge in [-0.15, -0.1) is 0 Å². The lowest BCUT2D eigenvalue weighted by Gasteiger charge is -2.11. The molecule has 4 aromatic rings. The topological polar surface area (TPSA) is 106 Å². The van der Waals surface area contributed by atoms with E-state index in [2.05, 4.69) is 15.4 Å². The lowest BCUT2D eigenvalue weighted by atomic mass is 10.1. The van der Waals surface area contributed by atoms with Crippen molar-refractivity contribution in [1.82, 2.24) is 20.1 Å². The Bertz CT molecular complexity index is 1250. The summed E-state index contributed by atoms with van der Waals surface area (Å²) in [5.41, 5.74) is 2.52. The number of furan rings is 1. The molecule has 31 heavy (non-hydrogen) atoms. The number of carbonyl (C=O) groups is 1. The second-order valence-corrected chi connectivity index (χ2v) is 7.23. The Labute approximate surface area is 179 Å². The standard InChI is InChI=1S/C23H21N5O3/c1-15(2)28-22-19(14-26-28)18(12-20(27-22)21-7-4-9-31-21)23(29)25-13-16-5-3-6-17(11-16)30-10-8-24/h3-7,9,11-12,14-15H,10,13H2,1-2H3,(H,25,29). The summed E-state index contributed by atoms with van der Waals surface area (Å²) in [7, 11) is 0. The summed E-state index contributed by atoms with van der Waals surface area (Å²) < 4.78 is 12.6. The van der Waals surface area contributed by atoms with Gasteiger partial charge < -0.3 is 14.5 Å². The second kappa shape index (κ2) is 8.71.